The molecule has 0 aromatic carbocycles. The highest BCUT2D eigenvalue weighted by Gasteiger charge is 2.32. The van der Waals surface area contributed by atoms with Crippen molar-refractivity contribution >= 4 is 5.91 Å². The Kier molecular flexibility index (Phi) is 5.22. The minimum Gasteiger partial charge on any atom is -0.394 e. The van der Waals surface area contributed by atoms with Crippen LogP contribution >= 0.6 is 0 Å². The Morgan fingerprint density at radius 3 is 2.75 bits per heavy atom. The molecule has 1 aliphatic heterocycles. The number of amides is 1. The number of hydrogen-bond donors (Lipinski definition) is 1. The van der Waals surface area contributed by atoms with Crippen molar-refractivity contribution in [2.75, 3.05) is 26.7 Å². The smallest absolute Gasteiger partial charge is 0.242 e. The van der Waals surface area contributed by atoms with Crippen molar-refractivity contribution in [3.8, 4) is 0 Å². The summed E-state index contributed by atoms with van der Waals surface area (Å²) >= 11 is 0. The number of unbranched alkanes of at least 4 members (excludes halogenated alkanes) is 1. The van der Waals surface area contributed by atoms with Gasteiger partial charge in [0.15, 0.2) is 0 Å². The number of carbonyl (C=O) groups is 1. The molecule has 1 N–H and O–H groups in total. The van der Waals surface area contributed by atoms with Gasteiger partial charge in [0, 0.05) is 19.6 Å². The van der Waals surface area contributed by atoms with Gasteiger partial charge in [0.2, 0.25) is 5.91 Å². The fraction of sp³-hybridized carbons (Fsp3) is 0.917. The summed E-state index contributed by atoms with van der Waals surface area (Å²) in [6.07, 6.45) is 3.19. The molecule has 0 aromatic heterocycles. The molecule has 0 bridgehead atoms. The van der Waals surface area contributed by atoms with Crippen molar-refractivity contribution in [2.24, 2.45) is 0 Å². The summed E-state index contributed by atoms with van der Waals surface area (Å²) in [4.78, 5) is 16.0. The molecular weight excluding hydrogens is 204 g/mol. The van der Waals surface area contributed by atoms with Crippen LogP contribution in [0, 0.1) is 0 Å². The largest absolute Gasteiger partial charge is 0.394 e. The van der Waals surface area contributed by atoms with E-state index < -0.39 is 0 Å². The molecule has 0 spiro atoms. The Morgan fingerprint density at radius 1 is 1.50 bits per heavy atom. The summed E-state index contributed by atoms with van der Waals surface area (Å²) in [5, 5.41) is 9.37. The summed E-state index contributed by atoms with van der Waals surface area (Å²) in [5.41, 5.74) is 0. The second-order valence-electron chi connectivity index (χ2n) is 4.67. The number of aliphatic hydroxyl groups is 1. The highest BCUT2D eigenvalue weighted by atomic mass is 16.3. The van der Waals surface area contributed by atoms with E-state index in [9.17, 15) is 9.90 Å². The lowest BCUT2D eigenvalue weighted by atomic mass is 10.2. The van der Waals surface area contributed by atoms with E-state index >= 15 is 0 Å². The second kappa shape index (κ2) is 6.21. The quantitative estimate of drug-likeness (QED) is 0.770. The predicted molar refractivity (Wildman–Crippen MR) is 64.2 cm³/mol. The molecule has 0 aromatic rings. The van der Waals surface area contributed by atoms with Crippen LogP contribution in [-0.4, -0.2) is 59.6 Å². The first-order chi connectivity index (χ1) is 7.61. The third kappa shape index (κ3) is 2.95. The zero-order valence-corrected chi connectivity index (χ0v) is 10.6. The van der Waals surface area contributed by atoms with Gasteiger partial charge in [-0.3, -0.25) is 9.69 Å². The van der Waals surface area contributed by atoms with E-state index in [2.05, 4.69) is 18.7 Å². The molecule has 1 saturated heterocycles. The van der Waals surface area contributed by atoms with Crippen molar-refractivity contribution in [1.29, 1.82) is 0 Å². The van der Waals surface area contributed by atoms with E-state index in [4.69, 9.17) is 0 Å². The van der Waals surface area contributed by atoms with E-state index in [1.165, 1.54) is 0 Å². The van der Waals surface area contributed by atoms with Crippen molar-refractivity contribution in [1.82, 2.24) is 9.80 Å². The molecule has 1 heterocycles. The number of aliphatic hydroxyl groups excluding tert-OH is 1. The summed E-state index contributed by atoms with van der Waals surface area (Å²) < 4.78 is 0. The van der Waals surface area contributed by atoms with Gasteiger partial charge in [-0.15, -0.1) is 0 Å². The molecule has 2 unspecified atom stereocenters. The summed E-state index contributed by atoms with van der Waals surface area (Å²) in [5.74, 6) is 0.0589. The Balaban J connectivity index is 2.72. The first-order valence-corrected chi connectivity index (χ1v) is 6.23. The Labute approximate surface area is 98.2 Å². The minimum atomic E-state index is -0.332. The van der Waals surface area contributed by atoms with Crippen LogP contribution in [0.25, 0.3) is 0 Å². The highest BCUT2D eigenvalue weighted by molar-refractivity contribution is 5.82. The first-order valence-electron chi connectivity index (χ1n) is 6.23. The normalized spacial score (nSPS) is 28.2. The molecule has 1 amide bonds. The van der Waals surface area contributed by atoms with E-state index in [0.717, 1.165) is 32.4 Å². The predicted octanol–water partition coefficient (Wildman–Crippen LogP) is 0.700. The molecule has 4 heteroatoms. The zero-order chi connectivity index (χ0) is 12.1. The SMILES string of the molecule is CCCCN1CCC(C)N(C)C(=O)C1CO. The molecule has 2 atom stereocenters. The van der Waals surface area contributed by atoms with Gasteiger partial charge in [0.1, 0.15) is 6.04 Å². The molecule has 4 nitrogen and oxygen atoms in total. The molecule has 94 valence electrons. The average molecular weight is 228 g/mol. The van der Waals surface area contributed by atoms with Gasteiger partial charge in [-0.25, -0.2) is 0 Å². The summed E-state index contributed by atoms with van der Waals surface area (Å²) in [6, 6.07) is -0.0605. The van der Waals surface area contributed by atoms with Crippen LogP contribution < -0.4 is 0 Å². The molecule has 0 saturated carbocycles. The van der Waals surface area contributed by atoms with Crippen LogP contribution in [0.4, 0.5) is 0 Å². The van der Waals surface area contributed by atoms with E-state index in [0.29, 0.717) is 0 Å². The van der Waals surface area contributed by atoms with Gasteiger partial charge in [-0.1, -0.05) is 13.3 Å². The third-order valence-electron chi connectivity index (χ3n) is 3.54. The third-order valence-corrected chi connectivity index (χ3v) is 3.54. The van der Waals surface area contributed by atoms with E-state index in [1.807, 2.05) is 7.05 Å². The van der Waals surface area contributed by atoms with Crippen LogP contribution in [-0.2, 0) is 4.79 Å². The number of carbonyl (C=O) groups excluding carboxylic acids is 1. The highest BCUT2D eigenvalue weighted by Crippen LogP contribution is 2.15. The van der Waals surface area contributed by atoms with Gasteiger partial charge in [-0.05, 0) is 26.3 Å². The molecule has 1 fully saturated rings. The van der Waals surface area contributed by atoms with Gasteiger partial charge >= 0.3 is 0 Å². The van der Waals surface area contributed by atoms with Crippen molar-refractivity contribution in [3.05, 3.63) is 0 Å². The lowest BCUT2D eigenvalue weighted by Gasteiger charge is -2.28. The van der Waals surface area contributed by atoms with Crippen LogP contribution in [0.5, 0.6) is 0 Å². The molecule has 1 rings (SSSR count). The number of likely N-dealkylation sites (N-methyl/N-ethyl adjacent to an activating group) is 1. The fourth-order valence-electron chi connectivity index (χ4n) is 2.13. The molecule has 16 heavy (non-hydrogen) atoms. The lowest BCUT2D eigenvalue weighted by molar-refractivity contribution is -0.136. The van der Waals surface area contributed by atoms with Crippen LogP contribution in [0.3, 0.4) is 0 Å². The summed E-state index contributed by atoms with van der Waals surface area (Å²) in [7, 11) is 1.83. The van der Waals surface area contributed by atoms with Gasteiger partial charge in [0.05, 0.1) is 6.61 Å². The standard InChI is InChI=1S/C12H24N2O2/c1-4-5-7-14-8-6-10(2)13(3)12(16)11(14)9-15/h10-11,15H,4-9H2,1-3H3. The number of hydrogen-bond acceptors (Lipinski definition) is 3. The Morgan fingerprint density at radius 2 is 2.19 bits per heavy atom. The van der Waals surface area contributed by atoms with E-state index in [1.54, 1.807) is 4.90 Å². The fourth-order valence-corrected chi connectivity index (χ4v) is 2.13. The van der Waals surface area contributed by atoms with Gasteiger partial charge < -0.3 is 10.0 Å². The van der Waals surface area contributed by atoms with Crippen LogP contribution in [0.1, 0.15) is 33.1 Å². The maximum Gasteiger partial charge on any atom is 0.242 e. The monoisotopic (exact) mass is 228 g/mol. The van der Waals surface area contributed by atoms with Gasteiger partial charge in [0.25, 0.3) is 0 Å². The van der Waals surface area contributed by atoms with E-state index in [-0.39, 0.29) is 24.6 Å². The maximum atomic E-state index is 12.1. The molecular formula is C12H24N2O2. The Hall–Kier alpha value is -0.610. The topological polar surface area (TPSA) is 43.8 Å². The van der Waals surface area contributed by atoms with Crippen molar-refractivity contribution in [3.63, 3.8) is 0 Å². The lowest BCUT2D eigenvalue weighted by Crippen LogP contribution is -2.48. The molecule has 0 radical (unpaired) electrons. The van der Waals surface area contributed by atoms with Crippen molar-refractivity contribution in [2.45, 2.75) is 45.2 Å². The molecule has 0 aliphatic carbocycles. The van der Waals surface area contributed by atoms with Crippen LogP contribution in [0.15, 0.2) is 0 Å². The number of nitrogens with zero attached hydrogens (tertiary/aromatic N) is 2. The van der Waals surface area contributed by atoms with Gasteiger partial charge in [-0.2, -0.15) is 0 Å². The Bertz CT molecular complexity index is 233. The minimum absolute atomic E-state index is 0.0589. The van der Waals surface area contributed by atoms with Crippen molar-refractivity contribution < 1.29 is 9.90 Å². The molecule has 1 aliphatic rings. The van der Waals surface area contributed by atoms with Crippen LogP contribution in [0.2, 0.25) is 0 Å². The second-order valence-corrected chi connectivity index (χ2v) is 4.67. The maximum absolute atomic E-state index is 12.1. The average Bonchev–Trinajstić information content (AvgIpc) is 2.39. The zero-order valence-electron chi connectivity index (χ0n) is 10.6. The number of rotatable bonds is 4. The first kappa shape index (κ1) is 13.5. The summed E-state index contributed by atoms with van der Waals surface area (Å²) in [6.45, 7) is 5.95.